The van der Waals surface area contributed by atoms with Crippen LogP contribution in [0.4, 0.5) is 4.39 Å². The largest absolute Gasteiger partial charge is 0.446 e. The summed E-state index contributed by atoms with van der Waals surface area (Å²) in [4.78, 5) is 16.3. The van der Waals surface area contributed by atoms with Gasteiger partial charge in [0.1, 0.15) is 17.3 Å². The Morgan fingerprint density at radius 2 is 1.70 bits per heavy atom. The summed E-state index contributed by atoms with van der Waals surface area (Å²) in [6.45, 7) is 3.09. The van der Waals surface area contributed by atoms with Crippen molar-refractivity contribution in [3.8, 4) is 11.3 Å². The standard InChI is InChI=1S/C19H17FN2O4S/c1-12-19(22-13(2)26-12)15-5-9-17(10-6-15)27(24,25)21-11-18(23)14-3-7-16(20)8-4-14/h3-10,21H,11H2,1-2H3. The molecule has 0 atom stereocenters. The number of aromatic nitrogens is 1. The van der Waals surface area contributed by atoms with Gasteiger partial charge in [-0.1, -0.05) is 12.1 Å². The maximum Gasteiger partial charge on any atom is 0.240 e. The lowest BCUT2D eigenvalue weighted by molar-refractivity contribution is 0.0997. The first-order valence-corrected chi connectivity index (χ1v) is 9.57. The van der Waals surface area contributed by atoms with Crippen molar-refractivity contribution >= 4 is 15.8 Å². The van der Waals surface area contributed by atoms with E-state index in [2.05, 4.69) is 9.71 Å². The number of ketones is 1. The van der Waals surface area contributed by atoms with Gasteiger partial charge in [-0.15, -0.1) is 0 Å². The fourth-order valence-corrected chi connectivity index (χ4v) is 3.55. The molecule has 1 aromatic heterocycles. The number of nitrogens with one attached hydrogen (secondary N) is 1. The molecule has 0 aliphatic rings. The Bertz CT molecular complexity index is 1070. The number of carbonyl (C=O) groups is 1. The van der Waals surface area contributed by atoms with E-state index in [0.717, 1.165) is 17.7 Å². The maximum atomic E-state index is 12.9. The van der Waals surface area contributed by atoms with Gasteiger partial charge >= 0.3 is 0 Å². The number of carbonyl (C=O) groups excluding carboxylic acids is 1. The predicted octanol–water partition coefficient (Wildman–Crippen LogP) is 3.26. The molecule has 8 heteroatoms. The van der Waals surface area contributed by atoms with Gasteiger partial charge in [0, 0.05) is 18.1 Å². The van der Waals surface area contributed by atoms with Crippen LogP contribution in [0.5, 0.6) is 0 Å². The number of aryl methyl sites for hydroxylation is 2. The van der Waals surface area contributed by atoms with Gasteiger partial charge in [-0.25, -0.2) is 22.5 Å². The number of rotatable bonds is 6. The van der Waals surface area contributed by atoms with Crippen LogP contribution in [0.25, 0.3) is 11.3 Å². The molecule has 0 aliphatic heterocycles. The van der Waals surface area contributed by atoms with Crippen LogP contribution in [0.3, 0.4) is 0 Å². The molecule has 0 fully saturated rings. The maximum absolute atomic E-state index is 12.9. The van der Waals surface area contributed by atoms with Gasteiger partial charge in [0.25, 0.3) is 0 Å². The van der Waals surface area contributed by atoms with Crippen LogP contribution in [0.1, 0.15) is 22.0 Å². The van der Waals surface area contributed by atoms with E-state index < -0.39 is 28.2 Å². The third-order valence-corrected chi connectivity index (χ3v) is 5.35. The summed E-state index contributed by atoms with van der Waals surface area (Å²) in [7, 11) is -3.86. The molecule has 0 bridgehead atoms. The molecule has 1 N–H and O–H groups in total. The van der Waals surface area contributed by atoms with E-state index in [0.29, 0.717) is 17.3 Å². The Labute approximate surface area is 156 Å². The lowest BCUT2D eigenvalue weighted by atomic mass is 10.1. The number of hydrogen-bond donors (Lipinski definition) is 1. The quantitative estimate of drug-likeness (QED) is 0.655. The molecular weight excluding hydrogens is 371 g/mol. The average Bonchev–Trinajstić information content (AvgIpc) is 2.99. The van der Waals surface area contributed by atoms with Crippen molar-refractivity contribution in [3.63, 3.8) is 0 Å². The summed E-state index contributed by atoms with van der Waals surface area (Å²) in [5, 5.41) is 0. The molecule has 140 valence electrons. The minimum Gasteiger partial charge on any atom is -0.446 e. The van der Waals surface area contributed by atoms with E-state index in [4.69, 9.17) is 4.42 Å². The zero-order chi connectivity index (χ0) is 19.6. The van der Waals surface area contributed by atoms with Crippen molar-refractivity contribution in [1.29, 1.82) is 0 Å². The molecule has 27 heavy (non-hydrogen) atoms. The molecule has 0 aliphatic carbocycles. The highest BCUT2D eigenvalue weighted by Gasteiger charge is 2.17. The van der Waals surface area contributed by atoms with Crippen LogP contribution < -0.4 is 4.72 Å². The number of hydrogen-bond acceptors (Lipinski definition) is 5. The van der Waals surface area contributed by atoms with Gasteiger partial charge in [-0.3, -0.25) is 4.79 Å². The fourth-order valence-electron chi connectivity index (χ4n) is 2.57. The summed E-state index contributed by atoms with van der Waals surface area (Å²) in [6, 6.07) is 11.0. The Balaban J connectivity index is 1.72. The van der Waals surface area contributed by atoms with E-state index in [-0.39, 0.29) is 10.5 Å². The first-order valence-electron chi connectivity index (χ1n) is 8.09. The zero-order valence-electron chi connectivity index (χ0n) is 14.7. The van der Waals surface area contributed by atoms with Crippen LogP contribution >= 0.6 is 0 Å². The van der Waals surface area contributed by atoms with Gasteiger partial charge in [0.05, 0.1) is 11.4 Å². The normalized spacial score (nSPS) is 11.5. The monoisotopic (exact) mass is 388 g/mol. The molecule has 0 amide bonds. The Morgan fingerprint density at radius 3 is 2.26 bits per heavy atom. The van der Waals surface area contributed by atoms with Crippen molar-refractivity contribution in [2.24, 2.45) is 0 Å². The van der Waals surface area contributed by atoms with Crippen molar-refractivity contribution in [2.75, 3.05) is 6.54 Å². The lowest BCUT2D eigenvalue weighted by Crippen LogP contribution is -2.29. The zero-order valence-corrected chi connectivity index (χ0v) is 15.5. The number of nitrogens with zero attached hydrogens (tertiary/aromatic N) is 1. The molecule has 1 heterocycles. The Hall–Kier alpha value is -2.84. The summed E-state index contributed by atoms with van der Waals surface area (Å²) in [5.74, 6) is 0.250. The molecule has 0 radical (unpaired) electrons. The molecular formula is C19H17FN2O4S. The summed E-state index contributed by atoms with van der Waals surface area (Å²) in [5.41, 5.74) is 1.60. The molecule has 0 unspecified atom stereocenters. The second-order valence-corrected chi connectivity index (χ2v) is 7.68. The predicted molar refractivity (Wildman–Crippen MR) is 97.3 cm³/mol. The highest BCUT2D eigenvalue weighted by atomic mass is 32.2. The molecule has 3 rings (SSSR count). The van der Waals surface area contributed by atoms with Gasteiger partial charge in [-0.05, 0) is 43.3 Å². The first kappa shape index (κ1) is 18.9. The van der Waals surface area contributed by atoms with Crippen molar-refractivity contribution in [2.45, 2.75) is 18.7 Å². The van der Waals surface area contributed by atoms with Crippen LogP contribution in [0, 0.1) is 19.7 Å². The lowest BCUT2D eigenvalue weighted by Gasteiger charge is -2.07. The Kier molecular flexibility index (Phi) is 5.20. The van der Waals surface area contributed by atoms with Crippen molar-refractivity contribution < 1.29 is 22.0 Å². The van der Waals surface area contributed by atoms with E-state index in [1.807, 2.05) is 0 Å². The number of benzene rings is 2. The van der Waals surface area contributed by atoms with Crippen molar-refractivity contribution in [1.82, 2.24) is 9.71 Å². The highest BCUT2D eigenvalue weighted by Crippen LogP contribution is 2.24. The highest BCUT2D eigenvalue weighted by molar-refractivity contribution is 7.89. The van der Waals surface area contributed by atoms with Gasteiger partial charge in [-0.2, -0.15) is 0 Å². The first-order chi connectivity index (χ1) is 12.8. The third kappa shape index (κ3) is 4.29. The minimum atomic E-state index is -3.86. The van der Waals surface area contributed by atoms with Gasteiger partial charge in [0.2, 0.25) is 10.0 Å². The second-order valence-electron chi connectivity index (χ2n) is 5.92. The van der Waals surface area contributed by atoms with Crippen LogP contribution in [-0.4, -0.2) is 25.7 Å². The van der Waals surface area contributed by atoms with Gasteiger partial charge < -0.3 is 4.42 Å². The molecule has 0 spiro atoms. The van der Waals surface area contributed by atoms with E-state index in [1.54, 1.807) is 26.0 Å². The number of sulfonamides is 1. The number of halogens is 1. The molecule has 6 nitrogen and oxygen atoms in total. The van der Waals surface area contributed by atoms with Crippen LogP contribution in [-0.2, 0) is 10.0 Å². The van der Waals surface area contributed by atoms with E-state index in [1.165, 1.54) is 24.3 Å². The third-order valence-electron chi connectivity index (χ3n) is 3.93. The molecule has 0 saturated heterocycles. The Morgan fingerprint density at radius 1 is 1.07 bits per heavy atom. The smallest absolute Gasteiger partial charge is 0.240 e. The molecule has 0 saturated carbocycles. The van der Waals surface area contributed by atoms with Crippen molar-refractivity contribution in [3.05, 3.63) is 71.6 Å². The average molecular weight is 388 g/mol. The summed E-state index contributed by atoms with van der Waals surface area (Å²) < 4.78 is 45.3. The van der Waals surface area contributed by atoms with Gasteiger partial charge in [0.15, 0.2) is 11.7 Å². The van der Waals surface area contributed by atoms with Crippen LogP contribution in [0.2, 0.25) is 0 Å². The number of oxazole rings is 1. The minimum absolute atomic E-state index is 0.0241. The van der Waals surface area contributed by atoms with Crippen LogP contribution in [0.15, 0.2) is 57.8 Å². The summed E-state index contributed by atoms with van der Waals surface area (Å²) in [6.07, 6.45) is 0. The second kappa shape index (κ2) is 7.42. The van der Waals surface area contributed by atoms with E-state index >= 15 is 0 Å². The number of Topliss-reactive ketones (excluding diaryl/α,β-unsaturated/α-hetero) is 1. The molecule has 3 aromatic rings. The fraction of sp³-hybridized carbons (Fsp3) is 0.158. The SMILES string of the molecule is Cc1nc(-c2ccc(S(=O)(=O)NCC(=O)c3ccc(F)cc3)cc2)c(C)o1. The van der Waals surface area contributed by atoms with E-state index in [9.17, 15) is 17.6 Å². The molecule has 2 aromatic carbocycles. The topological polar surface area (TPSA) is 89.3 Å². The summed E-state index contributed by atoms with van der Waals surface area (Å²) >= 11 is 0.